The number of aromatic nitrogens is 5. The number of thioether (sulfide) groups is 1. The molecule has 0 aliphatic rings. The van der Waals surface area contributed by atoms with Crippen LogP contribution in [0.4, 0.5) is 11.9 Å². The van der Waals surface area contributed by atoms with Gasteiger partial charge in [0.1, 0.15) is 12.4 Å². The van der Waals surface area contributed by atoms with Gasteiger partial charge in [-0.15, -0.1) is 11.5 Å². The summed E-state index contributed by atoms with van der Waals surface area (Å²) in [6.07, 6.45) is 6.51. The number of terminal acetylenes is 1. The molecule has 0 atom stereocenters. The van der Waals surface area contributed by atoms with Gasteiger partial charge in [-0.25, -0.2) is 4.79 Å². The summed E-state index contributed by atoms with van der Waals surface area (Å²) < 4.78 is 21.6. The third-order valence-electron chi connectivity index (χ3n) is 4.94. The minimum absolute atomic E-state index is 0.0434. The highest BCUT2D eigenvalue weighted by Crippen LogP contribution is 2.33. The van der Waals surface area contributed by atoms with Crippen LogP contribution in [0.2, 0.25) is 10.0 Å². The molecule has 266 valence electrons. The zero-order chi connectivity index (χ0) is 36.9. The van der Waals surface area contributed by atoms with Gasteiger partial charge in [0.2, 0.25) is 17.8 Å². The second-order valence-electron chi connectivity index (χ2n) is 11.6. The minimum atomic E-state index is -4.10. The van der Waals surface area contributed by atoms with Gasteiger partial charge in [-0.3, -0.25) is 14.7 Å². The number of nitrogens with zero attached hydrogens (tertiary/aromatic N) is 5. The first-order valence-corrected chi connectivity index (χ1v) is 17.8. The molecule has 0 spiro atoms. The summed E-state index contributed by atoms with van der Waals surface area (Å²) in [6, 6.07) is 2.96. The van der Waals surface area contributed by atoms with E-state index in [0.717, 1.165) is 16.4 Å². The van der Waals surface area contributed by atoms with E-state index < -0.39 is 37.6 Å². The molecule has 0 saturated carbocycles. The molecular weight excluding hydrogens is 710 g/mol. The van der Waals surface area contributed by atoms with Gasteiger partial charge < -0.3 is 34.7 Å². The number of halogens is 2. The SMILES string of the molecule is C#CCOc1cc(-n2nc(C(C)(C)C)oc2=O)c(Cl)cc1Cl.CCNc1nc(NC(C)(C)C)nc(SC)n1.O=C(O)CNCP(=O)(O)O. The van der Waals surface area contributed by atoms with Crippen LogP contribution in [0.3, 0.4) is 0 Å². The van der Waals surface area contributed by atoms with Crippen LogP contribution in [0, 0.1) is 12.3 Å². The Labute approximate surface area is 292 Å². The number of benzene rings is 1. The van der Waals surface area contributed by atoms with Crippen LogP contribution in [0.1, 0.15) is 54.4 Å². The molecule has 2 aromatic heterocycles. The highest BCUT2D eigenvalue weighted by molar-refractivity contribution is 7.98. The lowest BCUT2D eigenvalue weighted by Gasteiger charge is -2.20. The van der Waals surface area contributed by atoms with Gasteiger partial charge >= 0.3 is 19.3 Å². The lowest BCUT2D eigenvalue weighted by Crippen LogP contribution is -2.27. The number of ether oxygens (including phenoxy) is 1. The maximum absolute atomic E-state index is 12.0. The van der Waals surface area contributed by atoms with E-state index in [1.54, 1.807) is 0 Å². The van der Waals surface area contributed by atoms with Gasteiger partial charge in [-0.2, -0.15) is 19.6 Å². The second kappa shape index (κ2) is 19.0. The smallest absolute Gasteiger partial charge is 0.442 e. The average Bonchev–Trinajstić information content (AvgIpc) is 3.33. The summed E-state index contributed by atoms with van der Waals surface area (Å²) in [4.78, 5) is 51.0. The molecule has 0 saturated heterocycles. The normalized spacial score (nSPS) is 11.3. The number of hydrogen-bond donors (Lipinski definition) is 6. The first-order valence-electron chi connectivity index (χ1n) is 14.1. The van der Waals surface area contributed by atoms with Crippen LogP contribution in [0.5, 0.6) is 5.75 Å². The van der Waals surface area contributed by atoms with Gasteiger partial charge in [0, 0.05) is 23.6 Å². The van der Waals surface area contributed by atoms with Gasteiger partial charge in [0.25, 0.3) is 0 Å². The zero-order valence-corrected chi connectivity index (χ0v) is 31.0. The summed E-state index contributed by atoms with van der Waals surface area (Å²) in [6.45, 7) is 14.3. The monoisotopic (exact) mass is 750 g/mol. The van der Waals surface area contributed by atoms with Crippen molar-refractivity contribution in [3.05, 3.63) is 38.6 Å². The van der Waals surface area contributed by atoms with Crippen LogP contribution in [-0.2, 0) is 14.8 Å². The molecule has 6 N–H and O–H groups in total. The van der Waals surface area contributed by atoms with Crippen LogP contribution in [0.15, 0.2) is 26.5 Å². The van der Waals surface area contributed by atoms with Gasteiger partial charge in [0.05, 0.1) is 28.6 Å². The Hall–Kier alpha value is -3.36. The van der Waals surface area contributed by atoms with Gasteiger partial charge in [-0.1, -0.05) is 61.7 Å². The van der Waals surface area contributed by atoms with Crippen molar-refractivity contribution in [2.45, 2.75) is 64.6 Å². The highest BCUT2D eigenvalue weighted by atomic mass is 35.5. The number of carbonyl (C=O) groups is 1. The first-order chi connectivity index (χ1) is 22.1. The molecule has 48 heavy (non-hydrogen) atoms. The number of hydrogen-bond acceptors (Lipinski definition) is 13. The molecule has 0 amide bonds. The van der Waals surface area contributed by atoms with Crippen LogP contribution < -0.4 is 26.4 Å². The van der Waals surface area contributed by atoms with Crippen molar-refractivity contribution >= 4 is 60.4 Å². The fourth-order valence-corrected chi connectivity index (χ4v) is 4.31. The van der Waals surface area contributed by atoms with Crippen molar-refractivity contribution in [2.24, 2.45) is 0 Å². The second-order valence-corrected chi connectivity index (χ2v) is 14.8. The summed E-state index contributed by atoms with van der Waals surface area (Å²) >= 11 is 13.7. The summed E-state index contributed by atoms with van der Waals surface area (Å²) in [7, 11) is -4.10. The Morgan fingerprint density at radius 2 is 1.75 bits per heavy atom. The third-order valence-corrected chi connectivity index (χ3v) is 6.72. The molecular formula is C28H41Cl2N8O8PS. The Morgan fingerprint density at radius 1 is 1.12 bits per heavy atom. The molecule has 16 nitrogen and oxygen atoms in total. The molecule has 0 radical (unpaired) electrons. The average molecular weight is 752 g/mol. The molecule has 0 fully saturated rings. The van der Waals surface area contributed by atoms with Crippen molar-refractivity contribution in [3.63, 3.8) is 0 Å². The Kier molecular flexibility index (Phi) is 16.9. The largest absolute Gasteiger partial charge is 0.480 e. The van der Waals surface area contributed by atoms with Gasteiger partial charge in [-0.05, 0) is 40.0 Å². The molecule has 0 unspecified atom stereocenters. The lowest BCUT2D eigenvalue weighted by molar-refractivity contribution is -0.135. The van der Waals surface area contributed by atoms with Crippen LogP contribution in [-0.4, -0.2) is 83.4 Å². The van der Waals surface area contributed by atoms with Crippen LogP contribution >= 0.6 is 42.6 Å². The van der Waals surface area contributed by atoms with E-state index in [4.69, 9.17) is 53.7 Å². The van der Waals surface area contributed by atoms with E-state index in [1.165, 1.54) is 23.9 Å². The molecule has 1 aromatic carbocycles. The van der Waals surface area contributed by atoms with Crippen molar-refractivity contribution in [2.75, 3.05) is 42.9 Å². The molecule has 0 aliphatic carbocycles. The number of rotatable bonds is 11. The summed E-state index contributed by atoms with van der Waals surface area (Å²) in [5, 5.41) is 21.8. The molecule has 0 aliphatic heterocycles. The van der Waals surface area contributed by atoms with Crippen molar-refractivity contribution in [1.29, 1.82) is 0 Å². The maximum atomic E-state index is 12.0. The van der Waals surface area contributed by atoms with E-state index in [9.17, 15) is 14.2 Å². The molecule has 0 bridgehead atoms. The number of carboxylic acids is 1. The van der Waals surface area contributed by atoms with Gasteiger partial charge in [0.15, 0.2) is 5.16 Å². The van der Waals surface area contributed by atoms with Crippen molar-refractivity contribution in [3.8, 4) is 23.8 Å². The Bertz CT molecular complexity index is 1660. The topological polar surface area (TPSA) is 227 Å². The van der Waals surface area contributed by atoms with E-state index >= 15 is 0 Å². The zero-order valence-electron chi connectivity index (χ0n) is 27.8. The lowest BCUT2D eigenvalue weighted by atomic mass is 9.97. The van der Waals surface area contributed by atoms with Crippen LogP contribution in [0.25, 0.3) is 5.69 Å². The van der Waals surface area contributed by atoms with E-state index in [-0.39, 0.29) is 22.2 Å². The predicted molar refractivity (Wildman–Crippen MR) is 187 cm³/mol. The molecule has 3 rings (SSSR count). The Balaban J connectivity index is 0.000000389. The first kappa shape index (κ1) is 42.7. The van der Waals surface area contributed by atoms with Crippen molar-refractivity contribution in [1.82, 2.24) is 30.0 Å². The van der Waals surface area contributed by atoms with E-state index in [0.29, 0.717) is 29.2 Å². The van der Waals surface area contributed by atoms with E-state index in [1.807, 2.05) is 34.0 Å². The standard InChI is InChI=1S/C15H14Cl2N2O3.C10H19N5S.C3H8NO5P/c1-5-6-21-12-8-11(9(16)7-10(12)17)19-14(20)22-13(18-19)15(2,3)4;1-6-11-7-12-8(15-10(2,3)4)14-9(13-7)16-5;5-3(6)1-4-2-10(7,8)9/h1,7-8H,6H2,2-4H3;6H2,1-5H3,(H2,11,12,13,14,15);4H,1-2H2,(H,5,6)(H2,7,8,9). The van der Waals surface area contributed by atoms with Crippen molar-refractivity contribution < 1.29 is 33.4 Å². The number of carboxylic acid groups (broad SMARTS) is 1. The molecule has 3 aromatic rings. The quantitative estimate of drug-likeness (QED) is 0.0902. The van der Waals surface area contributed by atoms with E-state index in [2.05, 4.69) is 62.7 Å². The summed E-state index contributed by atoms with van der Waals surface area (Å²) in [5.74, 6) is 2.39. The Morgan fingerprint density at radius 3 is 2.23 bits per heavy atom. The fraction of sp³-hybridized carbons (Fsp3) is 0.500. The number of nitrogens with one attached hydrogen (secondary N) is 3. The predicted octanol–water partition coefficient (Wildman–Crippen LogP) is 4.47. The number of anilines is 2. The maximum Gasteiger partial charge on any atom is 0.442 e. The highest BCUT2D eigenvalue weighted by Gasteiger charge is 2.24. The minimum Gasteiger partial charge on any atom is -0.480 e. The number of aliphatic carboxylic acids is 1. The molecule has 2 heterocycles. The molecule has 20 heteroatoms. The fourth-order valence-electron chi connectivity index (χ4n) is 3.03. The third kappa shape index (κ3) is 16.2. The summed E-state index contributed by atoms with van der Waals surface area (Å²) in [5.41, 5.74) is -0.158.